The van der Waals surface area contributed by atoms with Crippen LogP contribution in [0.15, 0.2) is 12.3 Å². The number of Topliss-reactive ketones (excluding diaryl/α,β-unsaturated/α-hetero) is 1. The molecule has 0 heterocycles. The second-order valence-electron chi connectivity index (χ2n) is 6.12. The normalized spacial score (nSPS) is 11.7. The van der Waals surface area contributed by atoms with Crippen LogP contribution in [0.3, 0.4) is 0 Å². The number of hydrogen-bond acceptors (Lipinski definition) is 4. The fourth-order valence-corrected chi connectivity index (χ4v) is 1.43. The summed E-state index contributed by atoms with van der Waals surface area (Å²) in [4.78, 5) is 23.5. The molecule has 0 bridgehead atoms. The van der Waals surface area contributed by atoms with Crippen LogP contribution in [0.5, 0.6) is 0 Å². The Morgan fingerprint density at radius 2 is 1.68 bits per heavy atom. The summed E-state index contributed by atoms with van der Waals surface area (Å²) < 4.78 is 5.12. The van der Waals surface area contributed by atoms with Crippen LogP contribution < -0.4 is 10.6 Å². The van der Waals surface area contributed by atoms with Crippen molar-refractivity contribution in [1.29, 1.82) is 0 Å². The summed E-state index contributed by atoms with van der Waals surface area (Å²) in [6.07, 6.45) is 0.0504. The van der Waals surface area contributed by atoms with E-state index in [4.69, 9.17) is 4.74 Å². The number of hydrogen-bond donors (Lipinski definition) is 2. The molecule has 2 N–H and O–H groups in total. The lowest BCUT2D eigenvalue weighted by Gasteiger charge is -2.25. The van der Waals surface area contributed by atoms with Crippen molar-refractivity contribution in [3.63, 3.8) is 0 Å². The maximum absolute atomic E-state index is 12.0. The molecular formula is C14H26N2O3. The number of amides is 1. The van der Waals surface area contributed by atoms with Gasteiger partial charge in [0.25, 0.3) is 0 Å². The van der Waals surface area contributed by atoms with Crippen LogP contribution in [0.4, 0.5) is 4.79 Å². The molecule has 0 aromatic rings. The third-order valence-electron chi connectivity index (χ3n) is 2.61. The minimum absolute atomic E-state index is 0.0546. The first-order chi connectivity index (χ1) is 8.49. The summed E-state index contributed by atoms with van der Waals surface area (Å²) in [7, 11) is 1.66. The fourth-order valence-electron chi connectivity index (χ4n) is 1.43. The second-order valence-corrected chi connectivity index (χ2v) is 6.12. The van der Waals surface area contributed by atoms with Crippen molar-refractivity contribution in [2.45, 2.75) is 46.6 Å². The molecule has 0 rings (SSSR count). The predicted molar refractivity (Wildman–Crippen MR) is 75.8 cm³/mol. The number of allylic oxidation sites excluding steroid dienone is 1. The first-order valence-electron chi connectivity index (χ1n) is 6.38. The first kappa shape index (κ1) is 17.5. The van der Waals surface area contributed by atoms with Gasteiger partial charge in [0.15, 0.2) is 5.78 Å². The molecule has 0 radical (unpaired) electrons. The third kappa shape index (κ3) is 6.84. The predicted octanol–water partition coefficient (Wildman–Crippen LogP) is 2.23. The molecule has 1 amide bonds. The maximum Gasteiger partial charge on any atom is 0.407 e. The van der Waals surface area contributed by atoms with Crippen molar-refractivity contribution in [2.75, 3.05) is 13.6 Å². The molecule has 0 atom stereocenters. The van der Waals surface area contributed by atoms with Crippen LogP contribution in [0.25, 0.3) is 0 Å². The molecule has 19 heavy (non-hydrogen) atoms. The van der Waals surface area contributed by atoms with Crippen molar-refractivity contribution in [1.82, 2.24) is 10.6 Å². The minimum atomic E-state index is -0.574. The summed E-state index contributed by atoms with van der Waals surface area (Å²) in [6, 6.07) is 0. The van der Waals surface area contributed by atoms with E-state index in [9.17, 15) is 9.59 Å². The van der Waals surface area contributed by atoms with Crippen LogP contribution in [-0.2, 0) is 9.53 Å². The lowest BCUT2D eigenvalue weighted by molar-refractivity contribution is -0.123. The highest BCUT2D eigenvalue weighted by atomic mass is 16.6. The fraction of sp³-hybridized carbons (Fsp3) is 0.714. The van der Waals surface area contributed by atoms with E-state index in [1.54, 1.807) is 27.8 Å². The topological polar surface area (TPSA) is 67.4 Å². The number of carbonyl (C=O) groups is 2. The van der Waals surface area contributed by atoms with E-state index in [-0.39, 0.29) is 5.78 Å². The van der Waals surface area contributed by atoms with Crippen LogP contribution in [-0.4, -0.2) is 31.1 Å². The summed E-state index contributed by atoms with van der Waals surface area (Å²) in [5.41, 5.74) is -0.715. The molecule has 0 spiro atoms. The van der Waals surface area contributed by atoms with Crippen molar-refractivity contribution >= 4 is 11.9 Å². The monoisotopic (exact) mass is 270 g/mol. The van der Waals surface area contributed by atoms with E-state index < -0.39 is 17.1 Å². The van der Waals surface area contributed by atoms with E-state index in [2.05, 4.69) is 17.2 Å². The molecule has 0 aliphatic carbocycles. The van der Waals surface area contributed by atoms with Gasteiger partial charge in [0.05, 0.1) is 5.70 Å². The second kappa shape index (κ2) is 6.59. The van der Waals surface area contributed by atoms with E-state index in [1.807, 2.05) is 13.8 Å². The van der Waals surface area contributed by atoms with Gasteiger partial charge in [0, 0.05) is 19.0 Å². The summed E-state index contributed by atoms with van der Waals surface area (Å²) in [5.74, 6) is -0.0546. The molecule has 0 unspecified atom stereocenters. The Balaban J connectivity index is 4.23. The molecule has 0 saturated heterocycles. The molecule has 110 valence electrons. The third-order valence-corrected chi connectivity index (χ3v) is 2.61. The zero-order valence-electron chi connectivity index (χ0n) is 12.8. The van der Waals surface area contributed by atoms with Crippen LogP contribution >= 0.6 is 0 Å². The highest BCUT2D eigenvalue weighted by molar-refractivity contribution is 5.98. The summed E-state index contributed by atoms with van der Waals surface area (Å²) in [5, 5.41) is 5.39. The van der Waals surface area contributed by atoms with Crippen LogP contribution in [0.2, 0.25) is 0 Å². The van der Waals surface area contributed by atoms with Gasteiger partial charge in [0.1, 0.15) is 5.60 Å². The lowest BCUT2D eigenvalue weighted by Crippen LogP contribution is -2.37. The average Bonchev–Trinajstić information content (AvgIpc) is 2.24. The summed E-state index contributed by atoms with van der Waals surface area (Å²) >= 11 is 0. The molecular weight excluding hydrogens is 244 g/mol. The van der Waals surface area contributed by atoms with Gasteiger partial charge >= 0.3 is 6.09 Å². The van der Waals surface area contributed by atoms with E-state index in [0.717, 1.165) is 0 Å². The first-order valence-corrected chi connectivity index (χ1v) is 6.38. The number of alkyl carbamates (subject to hydrolysis) is 1. The Labute approximate surface area is 115 Å². The Morgan fingerprint density at radius 3 is 2.11 bits per heavy atom. The molecule has 5 nitrogen and oxygen atoms in total. The molecule has 0 fully saturated rings. The molecule has 0 aromatic heterocycles. The van der Waals surface area contributed by atoms with Crippen LogP contribution in [0, 0.1) is 5.41 Å². The smallest absolute Gasteiger partial charge is 0.407 e. The zero-order valence-corrected chi connectivity index (χ0v) is 12.8. The lowest BCUT2D eigenvalue weighted by atomic mass is 9.83. The molecule has 0 saturated carbocycles. The minimum Gasteiger partial charge on any atom is -0.444 e. The van der Waals surface area contributed by atoms with Crippen molar-refractivity contribution in [2.24, 2.45) is 5.41 Å². The van der Waals surface area contributed by atoms with Crippen molar-refractivity contribution in [3.8, 4) is 0 Å². The highest BCUT2D eigenvalue weighted by Crippen LogP contribution is 2.23. The SMILES string of the molecule is C=C(NC)C(=O)C(C)(C)CCNC(=O)OC(C)(C)C. The van der Waals surface area contributed by atoms with Crippen molar-refractivity contribution < 1.29 is 14.3 Å². The van der Waals surface area contributed by atoms with Gasteiger partial charge in [-0.25, -0.2) is 4.79 Å². The van der Waals surface area contributed by atoms with Crippen molar-refractivity contribution in [3.05, 3.63) is 12.3 Å². The number of likely N-dealkylation sites (N-methyl/N-ethyl adjacent to an activating group) is 1. The largest absolute Gasteiger partial charge is 0.444 e. The maximum atomic E-state index is 12.0. The quantitative estimate of drug-likeness (QED) is 0.726. The Bertz CT molecular complexity index is 354. The van der Waals surface area contributed by atoms with Gasteiger partial charge in [0.2, 0.25) is 0 Å². The number of carbonyl (C=O) groups excluding carboxylic acids is 2. The van der Waals surface area contributed by atoms with E-state index in [1.165, 1.54) is 0 Å². The Kier molecular flexibility index (Phi) is 6.06. The Hall–Kier alpha value is -1.52. The van der Waals surface area contributed by atoms with Crippen LogP contribution in [0.1, 0.15) is 41.0 Å². The van der Waals surface area contributed by atoms with Gasteiger partial charge in [-0.2, -0.15) is 0 Å². The standard InChI is InChI=1S/C14H26N2O3/c1-10(15-7)11(17)14(5,6)8-9-16-12(18)19-13(2,3)4/h15H,1,8-9H2,2-7H3,(H,16,18). The number of ether oxygens (including phenoxy) is 1. The van der Waals surface area contributed by atoms with E-state index in [0.29, 0.717) is 18.7 Å². The van der Waals surface area contributed by atoms with Gasteiger partial charge in [-0.15, -0.1) is 0 Å². The average molecular weight is 270 g/mol. The molecule has 5 heteroatoms. The van der Waals surface area contributed by atoms with Gasteiger partial charge in [-0.05, 0) is 27.2 Å². The summed E-state index contributed by atoms with van der Waals surface area (Å²) in [6.45, 7) is 13.1. The number of nitrogens with one attached hydrogen (secondary N) is 2. The zero-order chi connectivity index (χ0) is 15.3. The van der Waals surface area contributed by atoms with Gasteiger partial charge < -0.3 is 15.4 Å². The number of rotatable bonds is 6. The molecule has 0 aromatic carbocycles. The molecule has 0 aliphatic heterocycles. The Morgan fingerprint density at radius 1 is 1.16 bits per heavy atom. The van der Waals surface area contributed by atoms with Gasteiger partial charge in [-0.1, -0.05) is 20.4 Å². The van der Waals surface area contributed by atoms with Gasteiger partial charge in [-0.3, -0.25) is 4.79 Å². The van der Waals surface area contributed by atoms with E-state index >= 15 is 0 Å². The highest BCUT2D eigenvalue weighted by Gasteiger charge is 2.29. The number of ketones is 1. The molecule has 0 aliphatic rings.